The summed E-state index contributed by atoms with van der Waals surface area (Å²) in [4.78, 5) is 0. The fourth-order valence-corrected chi connectivity index (χ4v) is 2.45. The molecule has 0 spiro atoms. The van der Waals surface area contributed by atoms with Crippen LogP contribution >= 0.6 is 0 Å². The van der Waals surface area contributed by atoms with Crippen molar-refractivity contribution in [3.63, 3.8) is 0 Å². The van der Waals surface area contributed by atoms with Crippen molar-refractivity contribution >= 4 is 0 Å². The number of hydrogen-bond acceptors (Lipinski definition) is 2. The maximum Gasteiger partial charge on any atom is 0.122 e. The van der Waals surface area contributed by atoms with Gasteiger partial charge in [-0.1, -0.05) is 26.8 Å². The molecule has 0 amide bonds. The first kappa shape index (κ1) is 15.0. The van der Waals surface area contributed by atoms with E-state index in [1.54, 1.807) is 7.11 Å². The minimum atomic E-state index is 0.198. The fraction of sp³-hybridized carbons (Fsp3) is 0.625. The van der Waals surface area contributed by atoms with Crippen molar-refractivity contribution in [2.24, 2.45) is 0 Å². The molecule has 0 bridgehead atoms. The van der Waals surface area contributed by atoms with Crippen LogP contribution in [0.25, 0.3) is 0 Å². The second-order valence-corrected chi connectivity index (χ2v) is 5.62. The lowest BCUT2D eigenvalue weighted by Gasteiger charge is -2.28. The maximum atomic E-state index is 5.38. The molecule has 1 aromatic rings. The average molecular weight is 249 g/mol. The van der Waals surface area contributed by atoms with E-state index in [1.165, 1.54) is 16.7 Å². The lowest BCUT2D eigenvalue weighted by molar-refractivity contribution is 0.409. The van der Waals surface area contributed by atoms with E-state index in [2.05, 4.69) is 52.1 Å². The Hall–Kier alpha value is -1.02. The molecule has 102 valence electrons. The number of ether oxygens (including phenoxy) is 1. The molecule has 2 nitrogen and oxygen atoms in total. The van der Waals surface area contributed by atoms with Crippen LogP contribution in [0.4, 0.5) is 0 Å². The SMILES string of the molecule is CCNCCC(C)(C)c1cc(C)c(OC)cc1C. The van der Waals surface area contributed by atoms with E-state index >= 15 is 0 Å². The molecular formula is C16H27NO. The number of methoxy groups -OCH3 is 1. The molecule has 1 aromatic carbocycles. The van der Waals surface area contributed by atoms with Crippen LogP contribution < -0.4 is 10.1 Å². The van der Waals surface area contributed by atoms with Crippen molar-refractivity contribution in [3.05, 3.63) is 28.8 Å². The second-order valence-electron chi connectivity index (χ2n) is 5.62. The van der Waals surface area contributed by atoms with Crippen LogP contribution in [0.2, 0.25) is 0 Å². The number of aryl methyl sites for hydroxylation is 2. The standard InChI is InChI=1S/C16H27NO/c1-7-17-9-8-16(4,5)14-10-13(3)15(18-6)11-12(14)2/h10-11,17H,7-9H2,1-6H3. The van der Waals surface area contributed by atoms with Gasteiger partial charge in [0.05, 0.1) is 7.11 Å². The van der Waals surface area contributed by atoms with Crippen molar-refractivity contribution in [1.82, 2.24) is 5.32 Å². The van der Waals surface area contributed by atoms with Crippen molar-refractivity contribution in [2.45, 2.75) is 46.5 Å². The molecule has 0 unspecified atom stereocenters. The van der Waals surface area contributed by atoms with Crippen LogP contribution in [0.1, 0.15) is 43.9 Å². The van der Waals surface area contributed by atoms with Crippen molar-refractivity contribution in [2.75, 3.05) is 20.2 Å². The van der Waals surface area contributed by atoms with Gasteiger partial charge >= 0.3 is 0 Å². The van der Waals surface area contributed by atoms with E-state index in [4.69, 9.17) is 4.74 Å². The second kappa shape index (κ2) is 6.24. The summed E-state index contributed by atoms with van der Waals surface area (Å²) in [7, 11) is 1.73. The van der Waals surface area contributed by atoms with Gasteiger partial charge in [-0.15, -0.1) is 0 Å². The molecule has 1 rings (SSSR count). The first-order chi connectivity index (χ1) is 8.42. The summed E-state index contributed by atoms with van der Waals surface area (Å²) in [5.74, 6) is 0.985. The molecule has 0 aliphatic rings. The van der Waals surface area contributed by atoms with Crippen LogP contribution in [0.5, 0.6) is 5.75 Å². The molecule has 0 aromatic heterocycles. The first-order valence-electron chi connectivity index (χ1n) is 6.78. The monoisotopic (exact) mass is 249 g/mol. The van der Waals surface area contributed by atoms with Gasteiger partial charge in [0.1, 0.15) is 5.75 Å². The molecule has 0 aliphatic carbocycles. The van der Waals surface area contributed by atoms with Crippen LogP contribution in [0, 0.1) is 13.8 Å². The summed E-state index contributed by atoms with van der Waals surface area (Å²) in [5.41, 5.74) is 4.16. The van der Waals surface area contributed by atoms with Crippen LogP contribution in [0.3, 0.4) is 0 Å². The van der Waals surface area contributed by atoms with E-state index < -0.39 is 0 Å². The van der Waals surface area contributed by atoms with E-state index in [1.807, 2.05) is 0 Å². The lowest BCUT2D eigenvalue weighted by atomic mass is 9.78. The summed E-state index contributed by atoms with van der Waals surface area (Å²) in [6.45, 7) is 13.2. The Bertz CT molecular complexity index is 396. The van der Waals surface area contributed by atoms with Crippen LogP contribution in [0.15, 0.2) is 12.1 Å². The molecule has 0 atom stereocenters. The van der Waals surface area contributed by atoms with Crippen molar-refractivity contribution in [3.8, 4) is 5.75 Å². The zero-order valence-electron chi connectivity index (χ0n) is 12.7. The van der Waals surface area contributed by atoms with E-state index in [9.17, 15) is 0 Å². The molecule has 0 radical (unpaired) electrons. The zero-order valence-corrected chi connectivity index (χ0v) is 12.7. The highest BCUT2D eigenvalue weighted by molar-refractivity contribution is 5.44. The smallest absolute Gasteiger partial charge is 0.122 e. The van der Waals surface area contributed by atoms with Gasteiger partial charge in [-0.3, -0.25) is 0 Å². The number of nitrogens with one attached hydrogen (secondary N) is 1. The van der Waals surface area contributed by atoms with E-state index in [0.717, 1.165) is 25.3 Å². The van der Waals surface area contributed by atoms with Gasteiger partial charge in [0.15, 0.2) is 0 Å². The quantitative estimate of drug-likeness (QED) is 0.778. The summed E-state index contributed by atoms with van der Waals surface area (Å²) >= 11 is 0. The minimum absolute atomic E-state index is 0.198. The average Bonchev–Trinajstić information content (AvgIpc) is 2.31. The zero-order chi connectivity index (χ0) is 13.8. The van der Waals surface area contributed by atoms with Crippen LogP contribution in [-0.2, 0) is 5.41 Å². The summed E-state index contributed by atoms with van der Waals surface area (Å²) < 4.78 is 5.38. The molecule has 0 heterocycles. The third kappa shape index (κ3) is 3.49. The lowest BCUT2D eigenvalue weighted by Crippen LogP contribution is -2.26. The number of rotatable bonds is 6. The maximum absolute atomic E-state index is 5.38. The van der Waals surface area contributed by atoms with Gasteiger partial charge < -0.3 is 10.1 Å². The molecule has 1 N–H and O–H groups in total. The van der Waals surface area contributed by atoms with Crippen LogP contribution in [-0.4, -0.2) is 20.2 Å². The van der Waals surface area contributed by atoms with Gasteiger partial charge in [-0.25, -0.2) is 0 Å². The van der Waals surface area contributed by atoms with Gasteiger partial charge in [0.2, 0.25) is 0 Å². The van der Waals surface area contributed by atoms with E-state index in [-0.39, 0.29) is 5.41 Å². The molecule has 2 heteroatoms. The molecule has 0 saturated heterocycles. The molecule has 0 aliphatic heterocycles. The Balaban J connectivity index is 2.97. The molecular weight excluding hydrogens is 222 g/mol. The summed E-state index contributed by atoms with van der Waals surface area (Å²) in [6.07, 6.45) is 1.15. The minimum Gasteiger partial charge on any atom is -0.496 e. The predicted molar refractivity (Wildman–Crippen MR) is 78.7 cm³/mol. The predicted octanol–water partition coefficient (Wildman–Crippen LogP) is 3.59. The van der Waals surface area contributed by atoms with Gasteiger partial charge in [-0.05, 0) is 61.5 Å². The molecule has 18 heavy (non-hydrogen) atoms. The van der Waals surface area contributed by atoms with Gasteiger partial charge in [-0.2, -0.15) is 0 Å². The Morgan fingerprint density at radius 2 is 1.83 bits per heavy atom. The normalized spacial score (nSPS) is 11.7. The first-order valence-corrected chi connectivity index (χ1v) is 6.78. The Morgan fingerprint density at radius 1 is 1.17 bits per heavy atom. The number of benzene rings is 1. The van der Waals surface area contributed by atoms with Gasteiger partial charge in [0.25, 0.3) is 0 Å². The Kier molecular flexibility index (Phi) is 5.21. The molecule has 0 saturated carbocycles. The topological polar surface area (TPSA) is 21.3 Å². The largest absolute Gasteiger partial charge is 0.496 e. The highest BCUT2D eigenvalue weighted by Gasteiger charge is 2.23. The molecule has 0 fully saturated rings. The summed E-state index contributed by atoms with van der Waals surface area (Å²) in [5, 5.41) is 3.41. The van der Waals surface area contributed by atoms with Crippen molar-refractivity contribution in [1.29, 1.82) is 0 Å². The highest BCUT2D eigenvalue weighted by atomic mass is 16.5. The van der Waals surface area contributed by atoms with Gasteiger partial charge in [0, 0.05) is 0 Å². The third-order valence-corrected chi connectivity index (χ3v) is 3.65. The highest BCUT2D eigenvalue weighted by Crippen LogP contribution is 2.33. The third-order valence-electron chi connectivity index (χ3n) is 3.65. The fourth-order valence-electron chi connectivity index (χ4n) is 2.45. The Morgan fingerprint density at radius 3 is 2.39 bits per heavy atom. The van der Waals surface area contributed by atoms with Crippen molar-refractivity contribution < 1.29 is 4.74 Å². The Labute approximate surface area is 112 Å². The van der Waals surface area contributed by atoms with E-state index in [0.29, 0.717) is 0 Å². The summed E-state index contributed by atoms with van der Waals surface area (Å²) in [6, 6.07) is 4.43. The number of hydrogen-bond donors (Lipinski definition) is 1.